The molecule has 0 bridgehead atoms. The van der Waals surface area contributed by atoms with Gasteiger partial charge in [-0.05, 0) is 60.9 Å². The van der Waals surface area contributed by atoms with Crippen molar-refractivity contribution in [2.75, 3.05) is 6.61 Å². The number of amides is 1. The predicted octanol–water partition coefficient (Wildman–Crippen LogP) is 4.31. The monoisotopic (exact) mass is 412 g/mol. The van der Waals surface area contributed by atoms with Gasteiger partial charge >= 0.3 is 0 Å². The van der Waals surface area contributed by atoms with Gasteiger partial charge in [0.1, 0.15) is 0 Å². The Hall–Kier alpha value is -3.12. The molecule has 6 heteroatoms. The Balaban J connectivity index is 1.55. The molecule has 3 aliphatic rings. The molecule has 1 atom stereocenters. The average molecular weight is 412 g/mol. The molecule has 4 heterocycles. The highest BCUT2D eigenvalue weighted by molar-refractivity contribution is 6.19. The van der Waals surface area contributed by atoms with Crippen LogP contribution < -0.4 is 5.32 Å². The van der Waals surface area contributed by atoms with Gasteiger partial charge in [-0.15, -0.1) is 0 Å². The third kappa shape index (κ3) is 2.31. The van der Waals surface area contributed by atoms with Crippen molar-refractivity contribution in [3.63, 3.8) is 0 Å². The Morgan fingerprint density at radius 2 is 2.10 bits per heavy atom. The zero-order valence-corrected chi connectivity index (χ0v) is 17.5. The zero-order chi connectivity index (χ0) is 20.7. The van der Waals surface area contributed by atoms with Crippen LogP contribution in [0.1, 0.15) is 58.1 Å². The van der Waals surface area contributed by atoms with Gasteiger partial charge in [-0.2, -0.15) is 5.10 Å². The minimum Gasteiger partial charge on any atom is -0.374 e. The van der Waals surface area contributed by atoms with Crippen LogP contribution in [0.2, 0.25) is 0 Å². The van der Waals surface area contributed by atoms with Crippen LogP contribution in [-0.2, 0) is 31.2 Å². The molecule has 1 aliphatic carbocycles. The maximum Gasteiger partial charge on any atom is 0.252 e. The molecule has 0 saturated carbocycles. The van der Waals surface area contributed by atoms with Crippen molar-refractivity contribution >= 4 is 27.7 Å². The molecule has 1 saturated heterocycles. The molecule has 156 valence electrons. The smallest absolute Gasteiger partial charge is 0.252 e. The summed E-state index contributed by atoms with van der Waals surface area (Å²) in [5.74, 6) is 0.0333. The van der Waals surface area contributed by atoms with E-state index >= 15 is 0 Å². The Labute approximate surface area is 179 Å². The number of H-pyrrole nitrogens is 1. The van der Waals surface area contributed by atoms with E-state index in [1.807, 2.05) is 17.9 Å². The number of nitrogens with zero attached hydrogens (tertiary/aromatic N) is 2. The number of nitrogens with one attached hydrogen (secondary N) is 2. The summed E-state index contributed by atoms with van der Waals surface area (Å²) in [5.41, 5.74) is 10.1. The molecule has 2 aromatic carbocycles. The molecule has 2 aromatic heterocycles. The van der Waals surface area contributed by atoms with Gasteiger partial charge in [0.25, 0.3) is 5.91 Å². The van der Waals surface area contributed by atoms with E-state index in [1.165, 1.54) is 39.5 Å². The maximum absolute atomic E-state index is 13.0. The topological polar surface area (TPSA) is 71.9 Å². The van der Waals surface area contributed by atoms with Gasteiger partial charge in [0.2, 0.25) is 0 Å². The zero-order valence-electron chi connectivity index (χ0n) is 17.5. The number of benzene rings is 2. The third-order valence-electron chi connectivity index (χ3n) is 7.43. The van der Waals surface area contributed by atoms with Crippen LogP contribution in [0.5, 0.6) is 0 Å². The van der Waals surface area contributed by atoms with E-state index in [-0.39, 0.29) is 12.0 Å². The van der Waals surface area contributed by atoms with Crippen LogP contribution in [0.4, 0.5) is 0 Å². The van der Waals surface area contributed by atoms with Crippen molar-refractivity contribution in [3.05, 3.63) is 52.3 Å². The van der Waals surface area contributed by atoms with Gasteiger partial charge < -0.3 is 15.0 Å². The Bertz CT molecular complexity index is 1400. The molecule has 0 spiro atoms. The number of aromatic amines is 1. The maximum atomic E-state index is 13.0. The molecule has 2 N–H and O–H groups in total. The van der Waals surface area contributed by atoms with Crippen LogP contribution in [0.3, 0.4) is 0 Å². The molecule has 1 fully saturated rings. The van der Waals surface area contributed by atoms with E-state index in [4.69, 9.17) is 4.74 Å². The average Bonchev–Trinajstić information content (AvgIpc) is 3.49. The Kier molecular flexibility index (Phi) is 3.51. The lowest BCUT2D eigenvalue weighted by molar-refractivity contribution is 0.0150. The highest BCUT2D eigenvalue weighted by Crippen LogP contribution is 2.46. The lowest BCUT2D eigenvalue weighted by atomic mass is 9.82. The summed E-state index contributed by atoms with van der Waals surface area (Å²) < 4.78 is 8.01. The number of carbonyl (C=O) groups is 1. The van der Waals surface area contributed by atoms with Crippen LogP contribution in [0, 0.1) is 0 Å². The third-order valence-corrected chi connectivity index (χ3v) is 7.43. The summed E-state index contributed by atoms with van der Waals surface area (Å²) in [4.78, 5) is 16.7. The van der Waals surface area contributed by atoms with E-state index in [0.717, 1.165) is 60.1 Å². The molecule has 4 aromatic rings. The fraction of sp³-hybridized carbons (Fsp3) is 0.360. The molecule has 7 rings (SSSR count). The molecule has 1 amide bonds. The number of aromatic nitrogens is 3. The predicted molar refractivity (Wildman–Crippen MR) is 119 cm³/mol. The van der Waals surface area contributed by atoms with Crippen molar-refractivity contribution in [1.82, 2.24) is 20.1 Å². The molecular weight excluding hydrogens is 388 g/mol. The van der Waals surface area contributed by atoms with E-state index in [1.54, 1.807) is 0 Å². The van der Waals surface area contributed by atoms with Crippen LogP contribution >= 0.6 is 0 Å². The molecular formula is C25H24N4O2. The molecule has 31 heavy (non-hydrogen) atoms. The van der Waals surface area contributed by atoms with E-state index < -0.39 is 0 Å². The van der Waals surface area contributed by atoms with Crippen molar-refractivity contribution < 1.29 is 9.53 Å². The molecule has 0 radical (unpaired) electrons. The number of aryl methyl sites for hydroxylation is 2. The van der Waals surface area contributed by atoms with Crippen molar-refractivity contribution in [2.45, 2.75) is 44.8 Å². The highest BCUT2D eigenvalue weighted by Gasteiger charge is 2.34. The second-order valence-corrected chi connectivity index (χ2v) is 9.05. The largest absolute Gasteiger partial charge is 0.374 e. The minimum atomic E-state index is 0.0333. The summed E-state index contributed by atoms with van der Waals surface area (Å²) in [6, 6.07) is 6.67. The van der Waals surface area contributed by atoms with Gasteiger partial charge in [0.05, 0.1) is 23.4 Å². The summed E-state index contributed by atoms with van der Waals surface area (Å²) in [6.07, 6.45) is 7.37. The number of fused-ring (bicyclic) bond motifs is 10. The first-order valence-electron chi connectivity index (χ1n) is 11.2. The number of rotatable bonds is 1. The minimum absolute atomic E-state index is 0.0333. The summed E-state index contributed by atoms with van der Waals surface area (Å²) in [7, 11) is 1.99. The number of carbonyl (C=O) groups excluding carboxylic acids is 1. The first kappa shape index (κ1) is 17.5. The number of ether oxygens (including phenoxy) is 1. The normalized spacial score (nSPS) is 20.0. The SMILES string of the molecule is Cn1ncc2c1CCc1c-2c2c(c3c1[nH]c1ccc(C4CCCCO4)cc13)CNC2=O. The quantitative estimate of drug-likeness (QED) is 0.489. The summed E-state index contributed by atoms with van der Waals surface area (Å²) in [6.45, 7) is 1.41. The molecule has 2 aliphatic heterocycles. The number of hydrogen-bond acceptors (Lipinski definition) is 3. The van der Waals surface area contributed by atoms with E-state index in [0.29, 0.717) is 6.54 Å². The van der Waals surface area contributed by atoms with E-state index in [9.17, 15) is 4.79 Å². The lowest BCUT2D eigenvalue weighted by Gasteiger charge is -2.23. The van der Waals surface area contributed by atoms with Crippen LogP contribution in [-0.4, -0.2) is 27.3 Å². The Morgan fingerprint density at radius 1 is 1.16 bits per heavy atom. The first-order chi connectivity index (χ1) is 15.2. The van der Waals surface area contributed by atoms with Gasteiger partial charge in [0.15, 0.2) is 0 Å². The van der Waals surface area contributed by atoms with Crippen molar-refractivity contribution in [2.24, 2.45) is 7.05 Å². The van der Waals surface area contributed by atoms with E-state index in [2.05, 4.69) is 33.6 Å². The fourth-order valence-corrected chi connectivity index (χ4v) is 5.95. The fourth-order valence-electron chi connectivity index (χ4n) is 5.95. The highest BCUT2D eigenvalue weighted by atomic mass is 16.5. The van der Waals surface area contributed by atoms with Crippen molar-refractivity contribution in [1.29, 1.82) is 0 Å². The van der Waals surface area contributed by atoms with Gasteiger partial charge in [-0.3, -0.25) is 9.48 Å². The molecule has 1 unspecified atom stereocenters. The van der Waals surface area contributed by atoms with Gasteiger partial charge in [-0.25, -0.2) is 0 Å². The second-order valence-electron chi connectivity index (χ2n) is 9.05. The summed E-state index contributed by atoms with van der Waals surface area (Å²) >= 11 is 0. The van der Waals surface area contributed by atoms with Crippen molar-refractivity contribution in [3.8, 4) is 11.1 Å². The number of hydrogen-bond donors (Lipinski definition) is 2. The summed E-state index contributed by atoms with van der Waals surface area (Å²) in [5, 5.41) is 9.99. The Morgan fingerprint density at radius 3 is 2.97 bits per heavy atom. The van der Waals surface area contributed by atoms with Gasteiger partial charge in [0, 0.05) is 53.3 Å². The first-order valence-corrected chi connectivity index (χ1v) is 11.2. The lowest BCUT2D eigenvalue weighted by Crippen LogP contribution is -2.15. The van der Waals surface area contributed by atoms with Gasteiger partial charge in [-0.1, -0.05) is 6.07 Å². The standard InChI is InChI=1S/C25H24N4O2/c1-29-19-8-6-14-21(16(19)12-27-29)23-17(11-26-25(23)30)22-15-10-13(20-4-2-3-9-31-20)5-7-18(15)28-24(14)22/h5,7,10,12,20,28H,2-4,6,8-9,11H2,1H3,(H,26,30). The van der Waals surface area contributed by atoms with Crippen LogP contribution in [0.15, 0.2) is 24.4 Å². The second kappa shape index (κ2) is 6.20. The van der Waals surface area contributed by atoms with Crippen LogP contribution in [0.25, 0.3) is 32.9 Å². The molecule has 6 nitrogen and oxygen atoms in total.